The maximum absolute atomic E-state index is 5.84. The molecule has 19 heavy (non-hydrogen) atoms. The number of morpholine rings is 1. The number of nitrogen functional groups attached to an aromatic ring is 1. The van der Waals surface area contributed by atoms with Crippen LogP contribution in [0.15, 0.2) is 18.2 Å². The number of ether oxygens (including phenoxy) is 1. The largest absolute Gasteiger partial charge is 0.399 e. The molecule has 104 valence electrons. The first-order valence-corrected chi connectivity index (χ1v) is 7.25. The lowest BCUT2D eigenvalue weighted by atomic mass is 10.1. The summed E-state index contributed by atoms with van der Waals surface area (Å²) in [5, 5.41) is 3.68. The first-order valence-electron chi connectivity index (χ1n) is 7.25. The van der Waals surface area contributed by atoms with Crippen LogP contribution in [0.3, 0.4) is 0 Å². The van der Waals surface area contributed by atoms with E-state index >= 15 is 0 Å². The quantitative estimate of drug-likeness (QED) is 0.799. The van der Waals surface area contributed by atoms with Gasteiger partial charge in [0.2, 0.25) is 0 Å². The predicted octanol–water partition coefficient (Wildman–Crippen LogP) is 1.18. The molecule has 1 aliphatic carbocycles. The average molecular weight is 261 g/mol. The van der Waals surface area contributed by atoms with Crippen molar-refractivity contribution in [3.05, 3.63) is 29.3 Å². The topological polar surface area (TPSA) is 50.5 Å². The summed E-state index contributed by atoms with van der Waals surface area (Å²) in [7, 11) is 0. The number of fused-ring (bicyclic) bond motifs is 1. The number of nitrogens with zero attached hydrogens (tertiary/aromatic N) is 1. The summed E-state index contributed by atoms with van der Waals surface area (Å²) in [6, 6.07) is 6.83. The van der Waals surface area contributed by atoms with Gasteiger partial charge in [0.25, 0.3) is 0 Å². The highest BCUT2D eigenvalue weighted by molar-refractivity contribution is 5.47. The van der Waals surface area contributed by atoms with Gasteiger partial charge in [-0.15, -0.1) is 0 Å². The normalized spacial score (nSPS) is 23.5. The van der Waals surface area contributed by atoms with Crippen molar-refractivity contribution in [3.63, 3.8) is 0 Å². The van der Waals surface area contributed by atoms with Gasteiger partial charge in [-0.25, -0.2) is 0 Å². The Labute approximate surface area is 114 Å². The fraction of sp³-hybridized carbons (Fsp3) is 0.600. The highest BCUT2D eigenvalue weighted by Crippen LogP contribution is 2.32. The standard InChI is InChI=1S/C15H23N3O/c16-13-2-3-14-12(11-13)1-4-15(14)17-5-6-18-7-9-19-10-8-18/h2-3,11,15,17H,1,4-10,16H2. The second kappa shape index (κ2) is 5.90. The van der Waals surface area contributed by atoms with Crippen molar-refractivity contribution in [3.8, 4) is 0 Å². The third-order valence-corrected chi connectivity index (χ3v) is 4.17. The fourth-order valence-corrected chi connectivity index (χ4v) is 3.07. The van der Waals surface area contributed by atoms with E-state index in [0.717, 1.165) is 51.5 Å². The Morgan fingerprint density at radius 2 is 2.16 bits per heavy atom. The number of anilines is 1. The van der Waals surface area contributed by atoms with E-state index in [1.807, 2.05) is 6.07 Å². The summed E-state index contributed by atoms with van der Waals surface area (Å²) in [6.07, 6.45) is 2.34. The van der Waals surface area contributed by atoms with E-state index < -0.39 is 0 Å². The Balaban J connectivity index is 1.49. The van der Waals surface area contributed by atoms with Gasteiger partial charge >= 0.3 is 0 Å². The molecule has 1 fully saturated rings. The van der Waals surface area contributed by atoms with Crippen molar-refractivity contribution in [2.75, 3.05) is 45.1 Å². The van der Waals surface area contributed by atoms with Crippen molar-refractivity contribution in [2.45, 2.75) is 18.9 Å². The van der Waals surface area contributed by atoms with Crippen LogP contribution in [0, 0.1) is 0 Å². The lowest BCUT2D eigenvalue weighted by Gasteiger charge is -2.27. The molecular weight excluding hydrogens is 238 g/mol. The number of rotatable bonds is 4. The molecule has 1 saturated heterocycles. The van der Waals surface area contributed by atoms with E-state index in [-0.39, 0.29) is 0 Å². The molecule has 3 N–H and O–H groups in total. The summed E-state index contributed by atoms with van der Waals surface area (Å²) in [4.78, 5) is 2.47. The highest BCUT2D eigenvalue weighted by Gasteiger charge is 2.22. The van der Waals surface area contributed by atoms with Gasteiger partial charge in [0.05, 0.1) is 13.2 Å². The van der Waals surface area contributed by atoms with Crippen molar-refractivity contribution in [2.24, 2.45) is 0 Å². The molecule has 3 rings (SSSR count). The minimum atomic E-state index is 0.511. The molecular formula is C15H23N3O. The minimum absolute atomic E-state index is 0.511. The number of hydrogen-bond acceptors (Lipinski definition) is 4. The average Bonchev–Trinajstić information content (AvgIpc) is 2.82. The summed E-state index contributed by atoms with van der Waals surface area (Å²) in [5.41, 5.74) is 9.58. The smallest absolute Gasteiger partial charge is 0.0594 e. The Kier molecular flexibility index (Phi) is 4.01. The number of aryl methyl sites for hydroxylation is 1. The number of nitrogens with two attached hydrogens (primary N) is 1. The molecule has 0 aromatic heterocycles. The van der Waals surface area contributed by atoms with Crippen LogP contribution in [-0.2, 0) is 11.2 Å². The molecule has 0 saturated carbocycles. The van der Waals surface area contributed by atoms with E-state index in [9.17, 15) is 0 Å². The Hall–Kier alpha value is -1.10. The van der Waals surface area contributed by atoms with E-state index in [2.05, 4.69) is 22.3 Å². The van der Waals surface area contributed by atoms with Crippen LogP contribution in [0.5, 0.6) is 0 Å². The maximum atomic E-state index is 5.84. The van der Waals surface area contributed by atoms with Gasteiger partial charge in [-0.1, -0.05) is 6.07 Å². The number of hydrogen-bond donors (Lipinski definition) is 2. The van der Waals surface area contributed by atoms with Gasteiger partial charge in [-0.05, 0) is 36.1 Å². The van der Waals surface area contributed by atoms with Gasteiger partial charge in [-0.2, -0.15) is 0 Å². The summed E-state index contributed by atoms with van der Waals surface area (Å²) in [5.74, 6) is 0. The van der Waals surface area contributed by atoms with E-state index in [0.29, 0.717) is 6.04 Å². The third kappa shape index (κ3) is 3.08. The lowest BCUT2D eigenvalue weighted by Crippen LogP contribution is -2.40. The summed E-state index contributed by atoms with van der Waals surface area (Å²) in [6.45, 7) is 6.06. The SMILES string of the molecule is Nc1ccc2c(c1)CCC2NCCN1CCOCC1. The predicted molar refractivity (Wildman–Crippen MR) is 77.2 cm³/mol. The third-order valence-electron chi connectivity index (χ3n) is 4.17. The van der Waals surface area contributed by atoms with Gasteiger partial charge in [-0.3, -0.25) is 4.90 Å². The van der Waals surface area contributed by atoms with E-state index in [4.69, 9.17) is 10.5 Å². The van der Waals surface area contributed by atoms with Crippen LogP contribution in [-0.4, -0.2) is 44.3 Å². The molecule has 0 bridgehead atoms. The van der Waals surface area contributed by atoms with Crippen LogP contribution >= 0.6 is 0 Å². The van der Waals surface area contributed by atoms with Crippen LogP contribution < -0.4 is 11.1 Å². The van der Waals surface area contributed by atoms with E-state index in [1.165, 1.54) is 17.5 Å². The van der Waals surface area contributed by atoms with Crippen LogP contribution in [0.4, 0.5) is 5.69 Å². The molecule has 0 radical (unpaired) electrons. The van der Waals surface area contributed by atoms with Gasteiger partial charge < -0.3 is 15.8 Å². The van der Waals surface area contributed by atoms with Gasteiger partial charge in [0, 0.05) is 37.9 Å². The zero-order valence-corrected chi connectivity index (χ0v) is 11.4. The van der Waals surface area contributed by atoms with E-state index in [1.54, 1.807) is 0 Å². The molecule has 1 aromatic carbocycles. The highest BCUT2D eigenvalue weighted by atomic mass is 16.5. The summed E-state index contributed by atoms with van der Waals surface area (Å²) < 4.78 is 5.36. The Bertz CT molecular complexity index is 429. The molecule has 2 aliphatic rings. The monoisotopic (exact) mass is 261 g/mol. The summed E-state index contributed by atoms with van der Waals surface area (Å²) >= 11 is 0. The molecule has 0 spiro atoms. The Morgan fingerprint density at radius 3 is 3.00 bits per heavy atom. The van der Waals surface area contributed by atoms with Crippen molar-refractivity contribution in [1.29, 1.82) is 0 Å². The minimum Gasteiger partial charge on any atom is -0.399 e. The second-order valence-electron chi connectivity index (χ2n) is 5.46. The molecule has 1 heterocycles. The van der Waals surface area contributed by atoms with Crippen LogP contribution in [0.25, 0.3) is 0 Å². The van der Waals surface area contributed by atoms with Crippen molar-refractivity contribution < 1.29 is 4.74 Å². The Morgan fingerprint density at radius 1 is 1.32 bits per heavy atom. The molecule has 1 aliphatic heterocycles. The first-order chi connectivity index (χ1) is 9.33. The maximum Gasteiger partial charge on any atom is 0.0594 e. The van der Waals surface area contributed by atoms with Crippen molar-refractivity contribution in [1.82, 2.24) is 10.2 Å². The van der Waals surface area contributed by atoms with Crippen molar-refractivity contribution >= 4 is 5.69 Å². The molecule has 1 aromatic rings. The molecule has 1 unspecified atom stereocenters. The number of nitrogens with one attached hydrogen (secondary N) is 1. The molecule has 4 nitrogen and oxygen atoms in total. The zero-order valence-electron chi connectivity index (χ0n) is 11.4. The van der Waals surface area contributed by atoms with Gasteiger partial charge in [0.1, 0.15) is 0 Å². The second-order valence-corrected chi connectivity index (χ2v) is 5.46. The van der Waals surface area contributed by atoms with Crippen LogP contribution in [0.2, 0.25) is 0 Å². The molecule has 4 heteroatoms. The first kappa shape index (κ1) is 12.9. The zero-order chi connectivity index (χ0) is 13.1. The molecule has 0 amide bonds. The fourth-order valence-electron chi connectivity index (χ4n) is 3.07. The van der Waals surface area contributed by atoms with Gasteiger partial charge in [0.15, 0.2) is 0 Å². The lowest BCUT2D eigenvalue weighted by molar-refractivity contribution is 0.0381. The van der Waals surface area contributed by atoms with Crippen LogP contribution in [0.1, 0.15) is 23.6 Å². The molecule has 1 atom stereocenters. The number of benzene rings is 1.